The highest BCUT2D eigenvalue weighted by Crippen LogP contribution is 2.30. The number of ether oxygens (including phenoxy) is 1. The molecule has 1 aliphatic rings. The van der Waals surface area contributed by atoms with E-state index in [1.54, 1.807) is 48.7 Å². The molecule has 1 saturated heterocycles. The average molecular weight is 519 g/mol. The summed E-state index contributed by atoms with van der Waals surface area (Å²) >= 11 is 0. The monoisotopic (exact) mass is 518 g/mol. The SMILES string of the molecule is COc1cc(C(=O)N2CC[C@@H](N)C2)ccc1Nc1cncc(-c2cc3cc(F)ccc3[nH]2)n1.Cl.Cl. The van der Waals surface area contributed by atoms with Crippen molar-refractivity contribution < 1.29 is 13.9 Å². The molecule has 3 heterocycles. The van der Waals surface area contributed by atoms with Gasteiger partial charge >= 0.3 is 0 Å². The minimum absolute atomic E-state index is 0. The van der Waals surface area contributed by atoms with Crippen molar-refractivity contribution in [3.63, 3.8) is 0 Å². The summed E-state index contributed by atoms with van der Waals surface area (Å²) in [6.45, 7) is 1.22. The Kier molecular flexibility index (Phi) is 8.16. The molecule has 0 aliphatic carbocycles. The van der Waals surface area contributed by atoms with Gasteiger partial charge in [-0.05, 0) is 48.9 Å². The van der Waals surface area contributed by atoms with Crippen LogP contribution in [0.15, 0.2) is 54.9 Å². The number of rotatable bonds is 5. The number of aromatic nitrogens is 3. The molecule has 2 aromatic heterocycles. The van der Waals surface area contributed by atoms with Gasteiger partial charge in [-0.25, -0.2) is 9.37 Å². The first-order valence-electron chi connectivity index (χ1n) is 10.6. The summed E-state index contributed by atoms with van der Waals surface area (Å²) in [6, 6.07) is 11.7. The largest absolute Gasteiger partial charge is 0.495 e. The van der Waals surface area contributed by atoms with Crippen LogP contribution in [0.1, 0.15) is 16.8 Å². The predicted molar refractivity (Wildman–Crippen MR) is 139 cm³/mol. The smallest absolute Gasteiger partial charge is 0.254 e. The first kappa shape index (κ1) is 26.2. The highest BCUT2D eigenvalue weighted by atomic mass is 35.5. The minimum Gasteiger partial charge on any atom is -0.495 e. The molecule has 1 fully saturated rings. The van der Waals surface area contributed by atoms with Crippen LogP contribution in [0, 0.1) is 5.82 Å². The normalized spacial score (nSPS) is 14.8. The van der Waals surface area contributed by atoms with Crippen molar-refractivity contribution >= 4 is 53.1 Å². The van der Waals surface area contributed by atoms with Crippen LogP contribution in [0.5, 0.6) is 5.75 Å². The molecule has 11 heteroatoms. The number of hydrogen-bond donors (Lipinski definition) is 3. The molecule has 1 aliphatic heterocycles. The lowest BCUT2D eigenvalue weighted by molar-refractivity contribution is 0.0790. The molecule has 1 amide bonds. The van der Waals surface area contributed by atoms with Crippen molar-refractivity contribution in [3.8, 4) is 17.1 Å². The number of anilines is 2. The zero-order valence-corrected chi connectivity index (χ0v) is 20.5. The van der Waals surface area contributed by atoms with Crippen molar-refractivity contribution in [3.05, 3.63) is 66.2 Å². The number of hydrogen-bond acceptors (Lipinski definition) is 6. The number of halogens is 3. The third-order valence-corrected chi connectivity index (χ3v) is 5.72. The Morgan fingerprint density at radius 2 is 2.03 bits per heavy atom. The third kappa shape index (κ3) is 5.48. The van der Waals surface area contributed by atoms with Gasteiger partial charge in [0.05, 0.1) is 30.9 Å². The van der Waals surface area contributed by atoms with E-state index in [0.29, 0.717) is 41.6 Å². The predicted octanol–water partition coefficient (Wildman–Crippen LogP) is 4.53. The summed E-state index contributed by atoms with van der Waals surface area (Å²) in [7, 11) is 1.55. The fourth-order valence-electron chi connectivity index (χ4n) is 4.02. The van der Waals surface area contributed by atoms with Crippen molar-refractivity contribution in [2.45, 2.75) is 12.5 Å². The van der Waals surface area contributed by atoms with Gasteiger partial charge in [-0.2, -0.15) is 0 Å². The lowest BCUT2D eigenvalue weighted by Crippen LogP contribution is -2.31. The molecule has 2 aromatic carbocycles. The van der Waals surface area contributed by atoms with Gasteiger partial charge in [-0.3, -0.25) is 9.78 Å². The number of nitrogens with one attached hydrogen (secondary N) is 2. The fraction of sp³-hybridized carbons (Fsp3) is 0.208. The van der Waals surface area contributed by atoms with Gasteiger partial charge in [0.2, 0.25) is 0 Å². The molecule has 0 unspecified atom stereocenters. The minimum atomic E-state index is -0.295. The van der Waals surface area contributed by atoms with Gasteiger partial charge in [0.25, 0.3) is 5.91 Å². The Morgan fingerprint density at radius 3 is 2.77 bits per heavy atom. The van der Waals surface area contributed by atoms with E-state index in [4.69, 9.17) is 10.5 Å². The molecule has 184 valence electrons. The number of carbonyl (C=O) groups is 1. The zero-order chi connectivity index (χ0) is 22.9. The Morgan fingerprint density at radius 1 is 1.20 bits per heavy atom. The number of methoxy groups -OCH3 is 1. The lowest BCUT2D eigenvalue weighted by Gasteiger charge is -2.17. The number of H-pyrrole nitrogens is 1. The van der Waals surface area contributed by atoms with E-state index in [-0.39, 0.29) is 42.6 Å². The van der Waals surface area contributed by atoms with Gasteiger partial charge in [-0.1, -0.05) is 0 Å². The van der Waals surface area contributed by atoms with Crippen LogP contribution in [0.25, 0.3) is 22.3 Å². The van der Waals surface area contributed by atoms with Gasteiger partial charge < -0.3 is 25.7 Å². The summed E-state index contributed by atoms with van der Waals surface area (Å²) in [5.74, 6) is 0.652. The number of carbonyl (C=O) groups excluding carboxylic acids is 1. The second-order valence-electron chi connectivity index (χ2n) is 8.04. The van der Waals surface area contributed by atoms with Crippen LogP contribution >= 0.6 is 24.8 Å². The van der Waals surface area contributed by atoms with Crippen molar-refractivity contribution in [1.29, 1.82) is 0 Å². The summed E-state index contributed by atoms with van der Waals surface area (Å²) in [5, 5.41) is 3.96. The maximum atomic E-state index is 13.5. The van der Waals surface area contributed by atoms with Gasteiger partial charge in [0, 0.05) is 35.6 Å². The zero-order valence-electron chi connectivity index (χ0n) is 18.8. The molecule has 8 nitrogen and oxygen atoms in total. The molecule has 35 heavy (non-hydrogen) atoms. The van der Waals surface area contributed by atoms with Crippen LogP contribution in [-0.2, 0) is 0 Å². The van der Waals surface area contributed by atoms with E-state index >= 15 is 0 Å². The molecular weight excluding hydrogens is 494 g/mol. The molecular formula is C24H25Cl2FN6O2. The number of benzene rings is 2. The van der Waals surface area contributed by atoms with Gasteiger partial charge in [0.1, 0.15) is 23.1 Å². The highest BCUT2D eigenvalue weighted by molar-refractivity contribution is 5.95. The van der Waals surface area contributed by atoms with Crippen molar-refractivity contribution in [2.24, 2.45) is 5.73 Å². The van der Waals surface area contributed by atoms with Crippen LogP contribution in [0.2, 0.25) is 0 Å². The molecule has 1 atom stereocenters. The summed E-state index contributed by atoms with van der Waals surface area (Å²) in [6.07, 6.45) is 4.03. The Hall–Kier alpha value is -3.40. The topological polar surface area (TPSA) is 109 Å². The van der Waals surface area contributed by atoms with E-state index in [1.807, 2.05) is 6.07 Å². The number of nitrogens with zero attached hydrogens (tertiary/aromatic N) is 3. The quantitative estimate of drug-likeness (QED) is 0.358. The number of nitrogens with two attached hydrogens (primary N) is 1. The molecule has 0 radical (unpaired) electrons. The average Bonchev–Trinajstić information content (AvgIpc) is 3.45. The first-order valence-corrected chi connectivity index (χ1v) is 10.6. The molecule has 0 saturated carbocycles. The molecule has 4 aromatic rings. The highest BCUT2D eigenvalue weighted by Gasteiger charge is 2.25. The number of fused-ring (bicyclic) bond motifs is 1. The van der Waals surface area contributed by atoms with E-state index < -0.39 is 0 Å². The summed E-state index contributed by atoms with van der Waals surface area (Å²) < 4.78 is 19.0. The van der Waals surface area contributed by atoms with Crippen molar-refractivity contribution in [2.75, 3.05) is 25.5 Å². The second kappa shape index (κ2) is 10.9. The van der Waals surface area contributed by atoms with E-state index in [9.17, 15) is 9.18 Å². The van der Waals surface area contributed by atoms with E-state index in [0.717, 1.165) is 23.0 Å². The summed E-state index contributed by atoms with van der Waals surface area (Å²) in [5.41, 5.74) is 9.26. The van der Waals surface area contributed by atoms with Crippen LogP contribution in [0.4, 0.5) is 15.9 Å². The number of likely N-dealkylation sites (tertiary alicyclic amines) is 1. The van der Waals surface area contributed by atoms with E-state index in [2.05, 4.69) is 20.3 Å². The maximum Gasteiger partial charge on any atom is 0.254 e. The van der Waals surface area contributed by atoms with Crippen LogP contribution < -0.4 is 15.8 Å². The van der Waals surface area contributed by atoms with Crippen LogP contribution in [-0.4, -0.2) is 52.0 Å². The fourth-order valence-corrected chi connectivity index (χ4v) is 4.02. The molecule has 4 N–H and O–H groups in total. The summed E-state index contributed by atoms with van der Waals surface area (Å²) in [4.78, 5) is 26.6. The Balaban J connectivity index is 0.00000171. The molecule has 5 rings (SSSR count). The maximum absolute atomic E-state index is 13.5. The lowest BCUT2D eigenvalue weighted by atomic mass is 10.1. The van der Waals surface area contributed by atoms with Crippen molar-refractivity contribution in [1.82, 2.24) is 19.9 Å². The van der Waals surface area contributed by atoms with Crippen LogP contribution in [0.3, 0.4) is 0 Å². The first-order chi connectivity index (χ1) is 16.0. The Bertz CT molecular complexity index is 1350. The standard InChI is InChI=1S/C24H23FN6O2.2ClH/c1-33-22-10-14(24(32)31-7-6-17(26)13-31)2-4-19(22)29-23-12-27-11-21(30-23)20-9-15-8-16(25)3-5-18(15)28-20;;/h2-5,8-12,17,28H,6-7,13,26H2,1H3,(H,29,30);2*1H/t17-;;/m1../s1. The van der Waals surface area contributed by atoms with E-state index in [1.165, 1.54) is 12.1 Å². The third-order valence-electron chi connectivity index (χ3n) is 5.72. The van der Waals surface area contributed by atoms with Gasteiger partial charge in [-0.15, -0.1) is 24.8 Å². The van der Waals surface area contributed by atoms with Gasteiger partial charge in [0.15, 0.2) is 0 Å². The second-order valence-corrected chi connectivity index (χ2v) is 8.04. The molecule has 0 bridgehead atoms. The Labute approximate surface area is 213 Å². The number of amides is 1. The molecule has 0 spiro atoms. The number of aromatic amines is 1.